The first kappa shape index (κ1) is 16.1. The second-order valence-electron chi connectivity index (χ2n) is 7.19. The number of hydrogen-bond donors (Lipinski definition) is 0. The Morgan fingerprint density at radius 2 is 2.00 bits per heavy atom. The van der Waals surface area contributed by atoms with Gasteiger partial charge >= 0.3 is 0 Å². The SMILES string of the molecule is Cc1cc(C)c(CN(Cc2cnn(C)c2)C2CC2)c(-n2cccn2)c1. The summed E-state index contributed by atoms with van der Waals surface area (Å²) in [5.41, 5.74) is 6.45. The highest BCUT2D eigenvalue weighted by molar-refractivity contribution is 5.48. The van der Waals surface area contributed by atoms with Gasteiger partial charge in [0.15, 0.2) is 0 Å². The van der Waals surface area contributed by atoms with Crippen LogP contribution in [0.3, 0.4) is 0 Å². The Hall–Kier alpha value is -2.40. The lowest BCUT2D eigenvalue weighted by atomic mass is 10.0. The maximum absolute atomic E-state index is 4.47. The summed E-state index contributed by atoms with van der Waals surface area (Å²) >= 11 is 0. The summed E-state index contributed by atoms with van der Waals surface area (Å²) in [4.78, 5) is 2.58. The Kier molecular flexibility index (Phi) is 4.17. The van der Waals surface area contributed by atoms with Gasteiger partial charge in [-0.2, -0.15) is 10.2 Å². The molecule has 0 unspecified atom stereocenters. The van der Waals surface area contributed by atoms with Crippen molar-refractivity contribution in [2.24, 2.45) is 7.05 Å². The van der Waals surface area contributed by atoms with E-state index in [1.807, 2.05) is 41.1 Å². The van der Waals surface area contributed by atoms with E-state index in [0.29, 0.717) is 6.04 Å². The molecule has 0 saturated heterocycles. The maximum Gasteiger partial charge on any atom is 0.0695 e. The van der Waals surface area contributed by atoms with E-state index in [2.05, 4.69) is 47.3 Å². The van der Waals surface area contributed by atoms with Gasteiger partial charge in [-0.1, -0.05) is 6.07 Å². The fourth-order valence-electron chi connectivity index (χ4n) is 3.54. The molecule has 0 spiro atoms. The molecule has 130 valence electrons. The maximum atomic E-state index is 4.47. The van der Waals surface area contributed by atoms with E-state index in [1.165, 1.54) is 40.8 Å². The van der Waals surface area contributed by atoms with Crippen molar-refractivity contribution in [3.05, 3.63) is 65.2 Å². The molecule has 0 bridgehead atoms. The Bertz CT molecular complexity index is 858. The molecule has 1 aliphatic rings. The van der Waals surface area contributed by atoms with Crippen LogP contribution in [-0.2, 0) is 20.1 Å². The van der Waals surface area contributed by atoms with E-state index >= 15 is 0 Å². The van der Waals surface area contributed by atoms with Gasteiger partial charge in [-0.3, -0.25) is 9.58 Å². The lowest BCUT2D eigenvalue weighted by molar-refractivity contribution is 0.245. The predicted molar refractivity (Wildman–Crippen MR) is 98.5 cm³/mol. The molecule has 1 aromatic carbocycles. The fraction of sp³-hybridized carbons (Fsp3) is 0.400. The average Bonchev–Trinajstić information content (AvgIpc) is 3.11. The summed E-state index contributed by atoms with van der Waals surface area (Å²) in [5.74, 6) is 0. The second-order valence-corrected chi connectivity index (χ2v) is 7.19. The average molecular weight is 335 g/mol. The highest BCUT2D eigenvalue weighted by Gasteiger charge is 2.30. The zero-order valence-electron chi connectivity index (χ0n) is 15.2. The molecule has 0 N–H and O–H groups in total. The topological polar surface area (TPSA) is 38.9 Å². The molecule has 3 aromatic rings. The first-order valence-electron chi connectivity index (χ1n) is 8.92. The summed E-state index contributed by atoms with van der Waals surface area (Å²) in [6.45, 7) is 6.26. The Morgan fingerprint density at radius 3 is 2.64 bits per heavy atom. The Labute approximate surface area is 148 Å². The monoisotopic (exact) mass is 335 g/mol. The minimum absolute atomic E-state index is 0.686. The van der Waals surface area contributed by atoms with Crippen molar-refractivity contribution in [3.8, 4) is 5.69 Å². The van der Waals surface area contributed by atoms with Crippen molar-refractivity contribution in [1.82, 2.24) is 24.5 Å². The van der Waals surface area contributed by atoms with E-state index in [0.717, 1.165) is 13.1 Å². The summed E-state index contributed by atoms with van der Waals surface area (Å²) in [7, 11) is 1.98. The molecule has 1 saturated carbocycles. The van der Waals surface area contributed by atoms with Gasteiger partial charge in [-0.25, -0.2) is 4.68 Å². The van der Waals surface area contributed by atoms with Gasteiger partial charge in [0.1, 0.15) is 0 Å². The van der Waals surface area contributed by atoms with Gasteiger partial charge in [0.2, 0.25) is 0 Å². The van der Waals surface area contributed by atoms with Crippen LogP contribution in [0.5, 0.6) is 0 Å². The van der Waals surface area contributed by atoms with Crippen LogP contribution < -0.4 is 0 Å². The van der Waals surface area contributed by atoms with Gasteiger partial charge in [0.25, 0.3) is 0 Å². The van der Waals surface area contributed by atoms with Gasteiger partial charge in [-0.05, 0) is 55.5 Å². The van der Waals surface area contributed by atoms with Crippen molar-refractivity contribution >= 4 is 0 Å². The van der Waals surface area contributed by atoms with Crippen LogP contribution in [0.15, 0.2) is 43.0 Å². The Balaban J connectivity index is 1.66. The second kappa shape index (κ2) is 6.48. The van der Waals surface area contributed by atoms with Crippen LogP contribution in [0.25, 0.3) is 5.69 Å². The molecule has 5 heteroatoms. The van der Waals surface area contributed by atoms with E-state index < -0.39 is 0 Å². The van der Waals surface area contributed by atoms with Crippen LogP contribution in [0, 0.1) is 13.8 Å². The standard InChI is InChI=1S/C20H25N5/c1-15-9-16(2)19(20(10-15)25-8-4-7-21-25)14-24(18-5-6-18)13-17-11-22-23(3)12-17/h4,7-12,18H,5-6,13-14H2,1-3H3. The number of nitrogens with zero attached hydrogens (tertiary/aromatic N) is 5. The summed E-state index contributed by atoms with van der Waals surface area (Å²) < 4.78 is 3.87. The molecular weight excluding hydrogens is 310 g/mol. The normalized spacial score (nSPS) is 14.4. The highest BCUT2D eigenvalue weighted by Crippen LogP contribution is 2.32. The Morgan fingerprint density at radius 1 is 1.16 bits per heavy atom. The first-order chi connectivity index (χ1) is 12.1. The lowest BCUT2D eigenvalue weighted by Crippen LogP contribution is -2.26. The molecule has 1 fully saturated rings. The predicted octanol–water partition coefficient (Wildman–Crippen LogP) is 3.39. The minimum Gasteiger partial charge on any atom is -0.292 e. The molecular formula is C20H25N5. The quantitative estimate of drug-likeness (QED) is 0.693. The molecule has 4 rings (SSSR count). The largest absolute Gasteiger partial charge is 0.292 e. The zero-order chi connectivity index (χ0) is 17.4. The summed E-state index contributed by atoms with van der Waals surface area (Å²) in [6.07, 6.45) is 10.6. The minimum atomic E-state index is 0.686. The fourth-order valence-corrected chi connectivity index (χ4v) is 3.54. The number of aromatic nitrogens is 4. The van der Waals surface area contributed by atoms with Crippen molar-refractivity contribution in [2.75, 3.05) is 0 Å². The van der Waals surface area contributed by atoms with E-state index in [4.69, 9.17) is 0 Å². The number of aryl methyl sites for hydroxylation is 3. The van der Waals surface area contributed by atoms with Gasteiger partial charge < -0.3 is 0 Å². The van der Waals surface area contributed by atoms with Crippen molar-refractivity contribution < 1.29 is 0 Å². The van der Waals surface area contributed by atoms with Crippen molar-refractivity contribution in [2.45, 2.75) is 45.8 Å². The van der Waals surface area contributed by atoms with Crippen LogP contribution in [0.2, 0.25) is 0 Å². The molecule has 0 atom stereocenters. The molecule has 2 aromatic heterocycles. The van der Waals surface area contributed by atoms with Gasteiger partial charge in [0.05, 0.1) is 11.9 Å². The van der Waals surface area contributed by atoms with E-state index in [9.17, 15) is 0 Å². The van der Waals surface area contributed by atoms with E-state index in [-0.39, 0.29) is 0 Å². The van der Waals surface area contributed by atoms with Crippen LogP contribution in [-0.4, -0.2) is 30.5 Å². The van der Waals surface area contributed by atoms with Gasteiger partial charge in [0, 0.05) is 50.3 Å². The van der Waals surface area contributed by atoms with Crippen molar-refractivity contribution in [1.29, 1.82) is 0 Å². The smallest absolute Gasteiger partial charge is 0.0695 e. The molecule has 0 radical (unpaired) electrons. The lowest BCUT2D eigenvalue weighted by Gasteiger charge is -2.24. The molecule has 5 nitrogen and oxygen atoms in total. The van der Waals surface area contributed by atoms with Crippen LogP contribution in [0.4, 0.5) is 0 Å². The summed E-state index contributed by atoms with van der Waals surface area (Å²) in [6, 6.07) is 7.18. The third-order valence-corrected chi connectivity index (χ3v) is 4.91. The molecule has 25 heavy (non-hydrogen) atoms. The first-order valence-corrected chi connectivity index (χ1v) is 8.92. The third-order valence-electron chi connectivity index (χ3n) is 4.91. The third kappa shape index (κ3) is 3.51. The van der Waals surface area contributed by atoms with Crippen molar-refractivity contribution in [3.63, 3.8) is 0 Å². The zero-order valence-corrected chi connectivity index (χ0v) is 15.2. The number of benzene rings is 1. The molecule has 0 amide bonds. The molecule has 1 aliphatic carbocycles. The number of hydrogen-bond acceptors (Lipinski definition) is 3. The van der Waals surface area contributed by atoms with Crippen LogP contribution >= 0.6 is 0 Å². The molecule has 0 aliphatic heterocycles. The number of rotatable bonds is 6. The van der Waals surface area contributed by atoms with E-state index in [1.54, 1.807) is 0 Å². The highest BCUT2D eigenvalue weighted by atomic mass is 15.3. The van der Waals surface area contributed by atoms with Gasteiger partial charge in [-0.15, -0.1) is 0 Å². The summed E-state index contributed by atoms with van der Waals surface area (Å²) in [5, 5.41) is 8.79. The van der Waals surface area contributed by atoms with Crippen LogP contribution in [0.1, 0.15) is 35.1 Å². The molecule has 2 heterocycles.